The molecule has 0 spiro atoms. The van der Waals surface area contributed by atoms with E-state index < -0.39 is 0 Å². The van der Waals surface area contributed by atoms with Crippen LogP contribution in [0.2, 0.25) is 0 Å². The highest BCUT2D eigenvalue weighted by Gasteiger charge is 2.13. The molecule has 0 fully saturated rings. The molecule has 1 aliphatic rings. The lowest BCUT2D eigenvalue weighted by Gasteiger charge is -2.11. The summed E-state index contributed by atoms with van der Waals surface area (Å²) in [4.78, 5) is 28.5. The molecule has 3 heterocycles. The van der Waals surface area contributed by atoms with E-state index in [2.05, 4.69) is 16.1 Å². The summed E-state index contributed by atoms with van der Waals surface area (Å²) in [5.74, 6) is 0.917. The van der Waals surface area contributed by atoms with Crippen LogP contribution in [0.4, 0.5) is 5.69 Å². The van der Waals surface area contributed by atoms with Crippen molar-refractivity contribution < 1.29 is 4.79 Å². The standard InChI is InChI=1S/C20H20N4O2/c25-19(14-24-12-4-2-6-20(24)26)21-16-9-7-15(8-10-16)17-13-23-11-3-1-5-18(23)22-17/h2,4,6-10,12-13H,1,3,5,11,14H2,(H,21,25). The monoisotopic (exact) mass is 348 g/mol. The highest BCUT2D eigenvalue weighted by molar-refractivity contribution is 5.90. The Kier molecular flexibility index (Phi) is 4.39. The normalized spacial score (nSPS) is 13.2. The van der Waals surface area contributed by atoms with Crippen molar-refractivity contribution >= 4 is 11.6 Å². The van der Waals surface area contributed by atoms with E-state index in [1.165, 1.54) is 23.5 Å². The van der Waals surface area contributed by atoms with Crippen LogP contribution in [-0.4, -0.2) is 20.0 Å². The number of benzene rings is 1. The van der Waals surface area contributed by atoms with Crippen LogP contribution in [0.1, 0.15) is 18.7 Å². The smallest absolute Gasteiger partial charge is 0.250 e. The van der Waals surface area contributed by atoms with Crippen molar-refractivity contribution in [2.45, 2.75) is 32.4 Å². The number of pyridine rings is 1. The number of amides is 1. The first-order valence-corrected chi connectivity index (χ1v) is 8.81. The minimum atomic E-state index is -0.233. The number of nitrogens with one attached hydrogen (secondary N) is 1. The Balaban J connectivity index is 1.44. The lowest BCUT2D eigenvalue weighted by Crippen LogP contribution is -2.26. The van der Waals surface area contributed by atoms with Crippen LogP contribution < -0.4 is 10.9 Å². The van der Waals surface area contributed by atoms with Gasteiger partial charge in [-0.2, -0.15) is 0 Å². The molecule has 6 nitrogen and oxygen atoms in total. The van der Waals surface area contributed by atoms with Gasteiger partial charge in [-0.1, -0.05) is 18.2 Å². The van der Waals surface area contributed by atoms with Gasteiger partial charge < -0.3 is 14.5 Å². The average Bonchev–Trinajstić information content (AvgIpc) is 3.08. The number of hydrogen-bond donors (Lipinski definition) is 1. The van der Waals surface area contributed by atoms with E-state index in [0.29, 0.717) is 5.69 Å². The molecule has 0 atom stereocenters. The summed E-state index contributed by atoms with van der Waals surface area (Å²) in [6, 6.07) is 12.5. The number of nitrogens with zero attached hydrogens (tertiary/aromatic N) is 3. The number of rotatable bonds is 4. The van der Waals surface area contributed by atoms with Crippen LogP contribution in [0.25, 0.3) is 11.3 Å². The molecule has 0 saturated carbocycles. The SMILES string of the molecule is O=C(Cn1ccccc1=O)Nc1ccc(-c2cn3c(n2)CCCC3)cc1. The van der Waals surface area contributed by atoms with E-state index in [0.717, 1.165) is 30.0 Å². The fourth-order valence-electron chi connectivity index (χ4n) is 3.22. The van der Waals surface area contributed by atoms with E-state index >= 15 is 0 Å². The van der Waals surface area contributed by atoms with Crippen LogP contribution >= 0.6 is 0 Å². The van der Waals surface area contributed by atoms with Crippen molar-refractivity contribution in [2.24, 2.45) is 0 Å². The molecule has 0 saturated heterocycles. The predicted molar refractivity (Wildman–Crippen MR) is 99.9 cm³/mol. The van der Waals surface area contributed by atoms with Crippen molar-refractivity contribution in [2.75, 3.05) is 5.32 Å². The number of hydrogen-bond acceptors (Lipinski definition) is 3. The topological polar surface area (TPSA) is 68.9 Å². The summed E-state index contributed by atoms with van der Waals surface area (Å²) in [5.41, 5.74) is 2.51. The summed E-state index contributed by atoms with van der Waals surface area (Å²) in [6.07, 6.45) is 7.15. The molecular formula is C20H20N4O2. The Hall–Kier alpha value is -3.15. The van der Waals surface area contributed by atoms with Gasteiger partial charge in [-0.15, -0.1) is 0 Å². The van der Waals surface area contributed by atoms with Gasteiger partial charge in [0.1, 0.15) is 12.4 Å². The maximum absolute atomic E-state index is 12.1. The zero-order valence-electron chi connectivity index (χ0n) is 14.4. The lowest BCUT2D eigenvalue weighted by molar-refractivity contribution is -0.116. The summed E-state index contributed by atoms with van der Waals surface area (Å²) in [5, 5.41) is 2.82. The molecule has 0 unspecified atom stereocenters. The van der Waals surface area contributed by atoms with Crippen molar-refractivity contribution in [1.82, 2.24) is 14.1 Å². The van der Waals surface area contributed by atoms with Crippen LogP contribution in [-0.2, 0) is 24.3 Å². The minimum Gasteiger partial charge on any atom is -0.334 e. The van der Waals surface area contributed by atoms with Gasteiger partial charge in [0.2, 0.25) is 5.91 Å². The van der Waals surface area contributed by atoms with Crippen molar-refractivity contribution in [1.29, 1.82) is 0 Å². The van der Waals surface area contributed by atoms with Crippen LogP contribution in [0.3, 0.4) is 0 Å². The number of fused-ring (bicyclic) bond motifs is 1. The zero-order chi connectivity index (χ0) is 17.9. The number of aryl methyl sites for hydroxylation is 2. The molecule has 132 valence electrons. The Morgan fingerprint density at radius 1 is 1.12 bits per heavy atom. The number of carbonyl (C=O) groups excluding carboxylic acids is 1. The molecule has 6 heteroatoms. The largest absolute Gasteiger partial charge is 0.334 e. The van der Waals surface area contributed by atoms with Crippen molar-refractivity contribution in [3.63, 3.8) is 0 Å². The quantitative estimate of drug-likeness (QED) is 0.788. The number of aromatic nitrogens is 3. The van der Waals surface area contributed by atoms with Gasteiger partial charge in [-0.3, -0.25) is 9.59 Å². The van der Waals surface area contributed by atoms with E-state index in [1.807, 2.05) is 24.3 Å². The van der Waals surface area contributed by atoms with E-state index in [-0.39, 0.29) is 18.0 Å². The van der Waals surface area contributed by atoms with Crippen molar-refractivity contribution in [3.8, 4) is 11.3 Å². The Bertz CT molecular complexity index is 962. The zero-order valence-corrected chi connectivity index (χ0v) is 14.4. The lowest BCUT2D eigenvalue weighted by atomic mass is 10.1. The second-order valence-electron chi connectivity index (χ2n) is 6.49. The Labute approximate surface area is 151 Å². The molecule has 0 bridgehead atoms. The summed E-state index contributed by atoms with van der Waals surface area (Å²) in [6.45, 7) is 1.03. The summed E-state index contributed by atoms with van der Waals surface area (Å²) in [7, 11) is 0. The first-order valence-electron chi connectivity index (χ1n) is 8.81. The maximum atomic E-state index is 12.1. The third-order valence-corrected chi connectivity index (χ3v) is 4.59. The predicted octanol–water partition coefficient (Wildman–Crippen LogP) is 2.69. The summed E-state index contributed by atoms with van der Waals surface area (Å²) < 4.78 is 3.60. The molecule has 3 aromatic rings. The maximum Gasteiger partial charge on any atom is 0.250 e. The van der Waals surface area contributed by atoms with E-state index in [1.54, 1.807) is 18.3 Å². The molecule has 4 rings (SSSR count). The van der Waals surface area contributed by atoms with Gasteiger partial charge >= 0.3 is 0 Å². The third kappa shape index (κ3) is 3.44. The molecule has 1 aliphatic heterocycles. The molecule has 1 aromatic carbocycles. The second-order valence-corrected chi connectivity index (χ2v) is 6.49. The van der Waals surface area contributed by atoms with Gasteiger partial charge in [0.25, 0.3) is 5.56 Å². The molecule has 1 amide bonds. The first kappa shape index (κ1) is 16.3. The summed E-state index contributed by atoms with van der Waals surface area (Å²) >= 11 is 0. The number of imidazole rings is 1. The van der Waals surface area contributed by atoms with Crippen LogP contribution in [0.15, 0.2) is 59.7 Å². The van der Waals surface area contributed by atoms with Crippen molar-refractivity contribution in [3.05, 3.63) is 71.0 Å². The van der Waals surface area contributed by atoms with E-state index in [4.69, 9.17) is 4.98 Å². The van der Waals surface area contributed by atoms with E-state index in [9.17, 15) is 9.59 Å². The second kappa shape index (κ2) is 7.00. The Morgan fingerprint density at radius 3 is 2.73 bits per heavy atom. The fraction of sp³-hybridized carbons (Fsp3) is 0.250. The highest BCUT2D eigenvalue weighted by atomic mass is 16.2. The highest BCUT2D eigenvalue weighted by Crippen LogP contribution is 2.23. The first-order chi connectivity index (χ1) is 12.7. The fourth-order valence-corrected chi connectivity index (χ4v) is 3.22. The van der Waals surface area contributed by atoms with Gasteiger partial charge in [0, 0.05) is 42.7 Å². The molecule has 2 aromatic heterocycles. The van der Waals surface area contributed by atoms with Crippen LogP contribution in [0.5, 0.6) is 0 Å². The van der Waals surface area contributed by atoms with Gasteiger partial charge in [-0.25, -0.2) is 4.98 Å². The van der Waals surface area contributed by atoms with Gasteiger partial charge in [-0.05, 0) is 31.0 Å². The molecular weight excluding hydrogens is 328 g/mol. The van der Waals surface area contributed by atoms with Gasteiger partial charge in [0.15, 0.2) is 0 Å². The molecule has 0 radical (unpaired) electrons. The molecule has 0 aliphatic carbocycles. The molecule has 26 heavy (non-hydrogen) atoms. The van der Waals surface area contributed by atoms with Crippen LogP contribution in [0, 0.1) is 0 Å². The Morgan fingerprint density at radius 2 is 1.96 bits per heavy atom. The minimum absolute atomic E-state index is 0.00477. The third-order valence-electron chi connectivity index (χ3n) is 4.59. The van der Waals surface area contributed by atoms with Gasteiger partial charge in [0.05, 0.1) is 5.69 Å². The number of carbonyl (C=O) groups is 1. The number of anilines is 1. The molecule has 1 N–H and O–H groups in total. The average molecular weight is 348 g/mol.